The van der Waals surface area contributed by atoms with Crippen molar-refractivity contribution in [2.45, 2.75) is 18.4 Å². The third-order valence-electron chi connectivity index (χ3n) is 4.83. The molecule has 0 fully saturated rings. The van der Waals surface area contributed by atoms with Gasteiger partial charge in [0.05, 0.1) is 23.6 Å². The molecule has 4 N–H and O–H groups in total. The Morgan fingerprint density at radius 2 is 1.94 bits per heavy atom. The van der Waals surface area contributed by atoms with Crippen LogP contribution >= 0.6 is 11.3 Å². The second kappa shape index (κ2) is 11.3. The van der Waals surface area contributed by atoms with E-state index < -0.39 is 35.1 Å². The number of hydrogen-bond acceptors (Lipinski definition) is 8. The molecule has 0 aliphatic rings. The number of aromatic nitrogens is 1. The molecule has 2 atom stereocenters. The number of rotatable bonds is 10. The van der Waals surface area contributed by atoms with Gasteiger partial charge in [0, 0.05) is 24.2 Å². The SMILES string of the molecule is O=C(NCC(O)CO)c1cc(C[C@@H](C(=O)Nc2nccs2)c2ccccc2)ccc1[N+](=O)[O-]. The van der Waals surface area contributed by atoms with E-state index in [4.69, 9.17) is 5.11 Å². The van der Waals surface area contributed by atoms with E-state index in [9.17, 15) is 24.8 Å². The topological polar surface area (TPSA) is 155 Å². The molecule has 172 valence electrons. The van der Waals surface area contributed by atoms with Crippen molar-refractivity contribution in [3.63, 3.8) is 0 Å². The van der Waals surface area contributed by atoms with Crippen molar-refractivity contribution in [2.75, 3.05) is 18.5 Å². The third kappa shape index (κ3) is 6.42. The van der Waals surface area contributed by atoms with E-state index in [0.29, 0.717) is 10.7 Å². The molecule has 2 amide bonds. The molecule has 2 aromatic carbocycles. The Kier molecular flexibility index (Phi) is 8.19. The van der Waals surface area contributed by atoms with Gasteiger partial charge in [0.2, 0.25) is 5.91 Å². The molecule has 0 aliphatic heterocycles. The summed E-state index contributed by atoms with van der Waals surface area (Å²) >= 11 is 1.28. The quantitative estimate of drug-likeness (QED) is 0.261. The second-order valence-corrected chi connectivity index (χ2v) is 8.04. The summed E-state index contributed by atoms with van der Waals surface area (Å²) in [6.45, 7) is -0.824. The highest BCUT2D eigenvalue weighted by Crippen LogP contribution is 2.27. The minimum Gasteiger partial charge on any atom is -0.394 e. The average molecular weight is 471 g/mol. The van der Waals surface area contributed by atoms with Crippen LogP contribution in [0.25, 0.3) is 0 Å². The van der Waals surface area contributed by atoms with E-state index in [1.807, 2.05) is 6.07 Å². The highest BCUT2D eigenvalue weighted by Gasteiger charge is 2.25. The summed E-state index contributed by atoms with van der Waals surface area (Å²) < 4.78 is 0. The van der Waals surface area contributed by atoms with E-state index in [1.165, 1.54) is 29.5 Å². The summed E-state index contributed by atoms with van der Waals surface area (Å²) in [6.07, 6.45) is 0.569. The summed E-state index contributed by atoms with van der Waals surface area (Å²) in [5, 5.41) is 37.1. The monoisotopic (exact) mass is 470 g/mol. The van der Waals surface area contributed by atoms with Crippen LogP contribution in [0.1, 0.15) is 27.4 Å². The lowest BCUT2D eigenvalue weighted by Crippen LogP contribution is -2.34. The minimum absolute atomic E-state index is 0.179. The zero-order chi connectivity index (χ0) is 23.8. The molecule has 0 aliphatic carbocycles. The second-order valence-electron chi connectivity index (χ2n) is 7.15. The Hall–Kier alpha value is -3.67. The fourth-order valence-electron chi connectivity index (χ4n) is 3.18. The van der Waals surface area contributed by atoms with Gasteiger partial charge in [-0.15, -0.1) is 11.3 Å². The van der Waals surface area contributed by atoms with E-state index >= 15 is 0 Å². The number of amides is 2. The number of thiazole rings is 1. The lowest BCUT2D eigenvalue weighted by Gasteiger charge is -2.17. The number of nitro groups is 1. The largest absolute Gasteiger partial charge is 0.394 e. The molecule has 0 radical (unpaired) electrons. The van der Waals surface area contributed by atoms with Crippen molar-refractivity contribution in [3.05, 3.63) is 86.9 Å². The fourth-order valence-corrected chi connectivity index (χ4v) is 3.71. The van der Waals surface area contributed by atoms with Gasteiger partial charge in [-0.25, -0.2) is 4.98 Å². The van der Waals surface area contributed by atoms with Gasteiger partial charge < -0.3 is 20.8 Å². The zero-order valence-electron chi connectivity index (χ0n) is 17.4. The molecule has 0 bridgehead atoms. The highest BCUT2D eigenvalue weighted by atomic mass is 32.1. The van der Waals surface area contributed by atoms with E-state index in [-0.39, 0.29) is 24.4 Å². The van der Waals surface area contributed by atoms with Crippen molar-refractivity contribution in [3.8, 4) is 0 Å². The van der Waals surface area contributed by atoms with Crippen LogP contribution in [0.5, 0.6) is 0 Å². The maximum Gasteiger partial charge on any atom is 0.282 e. The van der Waals surface area contributed by atoms with Crippen molar-refractivity contribution >= 4 is 34.0 Å². The molecule has 1 aromatic heterocycles. The molecule has 1 heterocycles. The Balaban J connectivity index is 1.89. The number of aliphatic hydroxyl groups is 2. The Labute approximate surface area is 193 Å². The highest BCUT2D eigenvalue weighted by molar-refractivity contribution is 7.13. The number of benzene rings is 2. The third-order valence-corrected chi connectivity index (χ3v) is 5.52. The van der Waals surface area contributed by atoms with Gasteiger partial charge in [-0.05, 0) is 23.6 Å². The predicted molar refractivity (Wildman–Crippen MR) is 122 cm³/mol. The molecule has 1 unspecified atom stereocenters. The van der Waals surface area contributed by atoms with Crippen LogP contribution in [-0.4, -0.2) is 51.2 Å². The van der Waals surface area contributed by atoms with Crippen LogP contribution in [0.2, 0.25) is 0 Å². The molecule has 3 aromatic rings. The predicted octanol–water partition coefficient (Wildman–Crippen LogP) is 2.10. The molecule has 0 spiro atoms. The summed E-state index contributed by atoms with van der Waals surface area (Å²) in [5.41, 5.74) is 0.673. The van der Waals surface area contributed by atoms with Crippen LogP contribution in [0, 0.1) is 10.1 Å². The molecule has 33 heavy (non-hydrogen) atoms. The van der Waals surface area contributed by atoms with Gasteiger partial charge in [-0.1, -0.05) is 36.4 Å². The smallest absolute Gasteiger partial charge is 0.282 e. The molecular weight excluding hydrogens is 448 g/mol. The first-order chi connectivity index (χ1) is 15.9. The first-order valence-corrected chi connectivity index (χ1v) is 10.9. The van der Waals surface area contributed by atoms with E-state index in [0.717, 1.165) is 5.56 Å². The van der Waals surface area contributed by atoms with Crippen molar-refractivity contribution in [1.29, 1.82) is 0 Å². The van der Waals surface area contributed by atoms with Crippen LogP contribution in [-0.2, 0) is 11.2 Å². The minimum atomic E-state index is -1.19. The summed E-state index contributed by atoms with van der Waals surface area (Å²) in [4.78, 5) is 40.4. The maximum atomic E-state index is 13.0. The first kappa shape index (κ1) is 24.0. The van der Waals surface area contributed by atoms with Gasteiger partial charge in [-0.3, -0.25) is 19.7 Å². The number of carbonyl (C=O) groups is 2. The van der Waals surface area contributed by atoms with Gasteiger partial charge in [0.25, 0.3) is 11.6 Å². The fraction of sp³-hybridized carbons (Fsp3) is 0.227. The van der Waals surface area contributed by atoms with Crippen molar-refractivity contribution < 1.29 is 24.7 Å². The summed E-state index contributed by atoms with van der Waals surface area (Å²) in [6, 6.07) is 13.1. The number of anilines is 1. The Bertz CT molecular complexity index is 1110. The molecular formula is C22H22N4O6S. The number of carbonyl (C=O) groups excluding carboxylic acids is 2. The van der Waals surface area contributed by atoms with Gasteiger partial charge in [0.15, 0.2) is 5.13 Å². The van der Waals surface area contributed by atoms with E-state index in [2.05, 4.69) is 15.6 Å². The number of nitrogens with one attached hydrogen (secondary N) is 2. The molecule has 3 rings (SSSR count). The van der Waals surface area contributed by atoms with Crippen molar-refractivity contribution in [1.82, 2.24) is 10.3 Å². The van der Waals surface area contributed by atoms with Gasteiger partial charge >= 0.3 is 0 Å². The lowest BCUT2D eigenvalue weighted by molar-refractivity contribution is -0.385. The van der Waals surface area contributed by atoms with Gasteiger partial charge in [0.1, 0.15) is 5.56 Å². The van der Waals surface area contributed by atoms with Crippen LogP contribution < -0.4 is 10.6 Å². The maximum absolute atomic E-state index is 13.0. The molecule has 0 saturated carbocycles. The number of nitro benzene ring substituents is 1. The average Bonchev–Trinajstić information content (AvgIpc) is 3.33. The molecule has 11 heteroatoms. The van der Waals surface area contributed by atoms with Crippen molar-refractivity contribution in [2.24, 2.45) is 0 Å². The van der Waals surface area contributed by atoms with Crippen LogP contribution in [0.3, 0.4) is 0 Å². The standard InChI is InChI=1S/C22H22N4O6S/c27-13-16(28)12-24-20(29)18-11-14(6-7-19(18)26(31)32)10-17(15-4-2-1-3-5-15)21(30)25-22-23-8-9-33-22/h1-9,11,16-17,27-28H,10,12-13H2,(H,24,29)(H,23,25,30)/t16?,17-/m1/s1. The summed E-state index contributed by atoms with van der Waals surface area (Å²) in [5.74, 6) is -1.70. The Morgan fingerprint density at radius 1 is 1.18 bits per heavy atom. The van der Waals surface area contributed by atoms with Crippen LogP contribution in [0.4, 0.5) is 10.8 Å². The van der Waals surface area contributed by atoms with E-state index in [1.54, 1.807) is 35.8 Å². The molecule has 10 nitrogen and oxygen atoms in total. The normalized spacial score (nSPS) is 12.5. The molecule has 0 saturated heterocycles. The number of aliphatic hydroxyl groups excluding tert-OH is 2. The number of hydrogen-bond donors (Lipinski definition) is 4. The van der Waals surface area contributed by atoms with Crippen LogP contribution in [0.15, 0.2) is 60.1 Å². The first-order valence-electron chi connectivity index (χ1n) is 9.98. The Morgan fingerprint density at radius 3 is 2.58 bits per heavy atom. The zero-order valence-corrected chi connectivity index (χ0v) is 18.2. The summed E-state index contributed by atoms with van der Waals surface area (Å²) in [7, 11) is 0. The lowest BCUT2D eigenvalue weighted by atomic mass is 9.90. The number of nitrogens with zero attached hydrogens (tertiary/aromatic N) is 2. The van der Waals surface area contributed by atoms with Gasteiger partial charge in [-0.2, -0.15) is 0 Å².